The maximum Gasteiger partial charge on any atom is 0.259 e. The van der Waals surface area contributed by atoms with Gasteiger partial charge in [0.15, 0.2) is 0 Å². The molecule has 0 aliphatic carbocycles. The van der Waals surface area contributed by atoms with Gasteiger partial charge in [-0.2, -0.15) is 0 Å². The standard InChI is InChI=1S/C26H32N4O5/c1-18-15-30(19(2)17-31)26(33)22-11-20(8-6-10-34-4)14-28-25(22)35-23(18)16-29(3)24(32)12-21-7-5-9-27-13-21/h5,7,9,11,13-14,18-19,23,31H,10,12,15-17H2,1-4H3/t18-,19+,23-/m1/s1. The van der Waals surface area contributed by atoms with Crippen LogP contribution in [0.5, 0.6) is 5.88 Å². The summed E-state index contributed by atoms with van der Waals surface area (Å²) >= 11 is 0. The van der Waals surface area contributed by atoms with Gasteiger partial charge >= 0.3 is 0 Å². The lowest BCUT2D eigenvalue weighted by molar-refractivity contribution is -0.130. The fraction of sp³-hybridized carbons (Fsp3) is 0.462. The summed E-state index contributed by atoms with van der Waals surface area (Å²) in [6, 6.07) is 4.91. The topological polar surface area (TPSA) is 105 Å². The summed E-state index contributed by atoms with van der Waals surface area (Å²) < 4.78 is 11.2. The first-order chi connectivity index (χ1) is 16.8. The molecular weight excluding hydrogens is 448 g/mol. The molecule has 1 N–H and O–H groups in total. The number of pyridine rings is 2. The number of rotatable bonds is 7. The largest absolute Gasteiger partial charge is 0.472 e. The van der Waals surface area contributed by atoms with Gasteiger partial charge < -0.3 is 24.4 Å². The van der Waals surface area contributed by atoms with Crippen LogP contribution in [0.4, 0.5) is 0 Å². The number of methoxy groups -OCH3 is 1. The zero-order chi connectivity index (χ0) is 25.4. The van der Waals surface area contributed by atoms with Gasteiger partial charge in [-0.15, -0.1) is 0 Å². The van der Waals surface area contributed by atoms with Crippen molar-refractivity contribution in [3.8, 4) is 17.7 Å². The van der Waals surface area contributed by atoms with Crippen molar-refractivity contribution >= 4 is 11.8 Å². The molecule has 3 heterocycles. The Morgan fingerprint density at radius 1 is 1.43 bits per heavy atom. The molecule has 1 aliphatic heterocycles. The van der Waals surface area contributed by atoms with Crippen LogP contribution >= 0.6 is 0 Å². The molecule has 9 heteroatoms. The van der Waals surface area contributed by atoms with Crippen LogP contribution in [-0.4, -0.2) is 89.3 Å². The zero-order valence-corrected chi connectivity index (χ0v) is 20.6. The van der Waals surface area contributed by atoms with Gasteiger partial charge in [-0.3, -0.25) is 14.6 Å². The van der Waals surface area contributed by atoms with Crippen LogP contribution < -0.4 is 4.74 Å². The van der Waals surface area contributed by atoms with Gasteiger partial charge in [0.1, 0.15) is 18.3 Å². The Hall–Kier alpha value is -3.48. The first kappa shape index (κ1) is 26.1. The minimum Gasteiger partial charge on any atom is -0.472 e. The van der Waals surface area contributed by atoms with E-state index in [-0.39, 0.29) is 48.8 Å². The number of ether oxygens (including phenoxy) is 2. The van der Waals surface area contributed by atoms with Crippen LogP contribution in [0.25, 0.3) is 0 Å². The number of likely N-dealkylation sites (N-methyl/N-ethyl adjacent to an activating group) is 1. The van der Waals surface area contributed by atoms with E-state index < -0.39 is 12.1 Å². The molecule has 0 unspecified atom stereocenters. The van der Waals surface area contributed by atoms with Crippen molar-refractivity contribution in [1.29, 1.82) is 0 Å². The summed E-state index contributed by atoms with van der Waals surface area (Å²) in [6.07, 6.45) is 4.70. The summed E-state index contributed by atoms with van der Waals surface area (Å²) in [7, 11) is 3.29. The van der Waals surface area contributed by atoms with Crippen LogP contribution in [0.1, 0.15) is 35.3 Å². The lowest BCUT2D eigenvalue weighted by atomic mass is 9.99. The van der Waals surface area contributed by atoms with Gasteiger partial charge in [-0.05, 0) is 24.6 Å². The number of aromatic nitrogens is 2. The molecule has 0 spiro atoms. The Labute approximate surface area is 206 Å². The quantitative estimate of drug-likeness (QED) is 0.597. The van der Waals surface area contributed by atoms with Gasteiger partial charge in [0.05, 0.1) is 25.6 Å². The molecule has 0 fully saturated rings. The number of carbonyl (C=O) groups is 2. The fourth-order valence-electron chi connectivity index (χ4n) is 3.78. The molecule has 0 saturated carbocycles. The van der Waals surface area contributed by atoms with E-state index in [9.17, 15) is 14.7 Å². The minimum absolute atomic E-state index is 0.0653. The third kappa shape index (κ3) is 6.78. The predicted octanol–water partition coefficient (Wildman–Crippen LogP) is 1.40. The second-order valence-electron chi connectivity index (χ2n) is 8.75. The van der Waals surface area contributed by atoms with Gasteiger partial charge in [-0.25, -0.2) is 4.98 Å². The SMILES string of the molecule is COCC#Cc1cnc2c(c1)C(=O)N([C@@H](C)CO)C[C@@H](C)[C@@H](CN(C)C(=O)Cc1cccnc1)O2. The van der Waals surface area contributed by atoms with E-state index in [2.05, 4.69) is 21.8 Å². The minimum atomic E-state index is -0.420. The Balaban J connectivity index is 1.87. The van der Waals surface area contributed by atoms with E-state index in [1.165, 1.54) is 0 Å². The number of amides is 2. The Kier molecular flexibility index (Phi) is 9.18. The van der Waals surface area contributed by atoms with Gasteiger partial charge in [0, 0.05) is 50.8 Å². The number of nitrogens with zero attached hydrogens (tertiary/aromatic N) is 4. The molecule has 1 aliphatic rings. The Bertz CT molecular complexity index is 1080. The number of fused-ring (bicyclic) bond motifs is 1. The molecule has 186 valence electrons. The van der Waals surface area contributed by atoms with E-state index in [0.717, 1.165) is 5.56 Å². The van der Waals surface area contributed by atoms with Crippen LogP contribution in [0, 0.1) is 17.8 Å². The number of aliphatic hydroxyl groups excluding tert-OH is 1. The van der Waals surface area contributed by atoms with E-state index in [1.54, 1.807) is 61.6 Å². The molecule has 0 saturated heterocycles. The van der Waals surface area contributed by atoms with Crippen molar-refractivity contribution in [1.82, 2.24) is 19.8 Å². The fourth-order valence-corrected chi connectivity index (χ4v) is 3.78. The molecule has 9 nitrogen and oxygen atoms in total. The lowest BCUT2D eigenvalue weighted by Gasteiger charge is -2.37. The van der Waals surface area contributed by atoms with E-state index in [4.69, 9.17) is 9.47 Å². The number of carbonyl (C=O) groups excluding carboxylic acids is 2. The maximum absolute atomic E-state index is 13.4. The molecule has 2 amide bonds. The lowest BCUT2D eigenvalue weighted by Crippen LogP contribution is -2.50. The monoisotopic (exact) mass is 480 g/mol. The van der Waals surface area contributed by atoms with Crippen LogP contribution in [0.3, 0.4) is 0 Å². The average Bonchev–Trinajstić information content (AvgIpc) is 2.86. The summed E-state index contributed by atoms with van der Waals surface area (Å²) in [4.78, 5) is 38.0. The van der Waals surface area contributed by atoms with E-state index in [1.807, 2.05) is 13.0 Å². The Morgan fingerprint density at radius 2 is 2.23 bits per heavy atom. The van der Waals surface area contributed by atoms with Gasteiger partial charge in [0.25, 0.3) is 5.91 Å². The highest BCUT2D eigenvalue weighted by atomic mass is 16.5. The van der Waals surface area contributed by atoms with Crippen molar-refractivity contribution in [2.45, 2.75) is 32.4 Å². The molecular formula is C26H32N4O5. The second kappa shape index (κ2) is 12.3. The summed E-state index contributed by atoms with van der Waals surface area (Å²) in [5.74, 6) is 5.50. The smallest absolute Gasteiger partial charge is 0.259 e. The normalized spacial score (nSPS) is 18.3. The molecule has 3 rings (SSSR count). The van der Waals surface area contributed by atoms with Gasteiger partial charge in [0.2, 0.25) is 11.8 Å². The van der Waals surface area contributed by atoms with Crippen molar-refractivity contribution in [3.63, 3.8) is 0 Å². The molecule has 0 radical (unpaired) electrons. The van der Waals surface area contributed by atoms with E-state index >= 15 is 0 Å². The molecule has 2 aromatic rings. The summed E-state index contributed by atoms with van der Waals surface area (Å²) in [5.41, 5.74) is 1.66. The van der Waals surface area contributed by atoms with Crippen molar-refractivity contribution in [2.24, 2.45) is 5.92 Å². The van der Waals surface area contributed by atoms with Crippen LogP contribution in [-0.2, 0) is 16.0 Å². The van der Waals surface area contributed by atoms with Crippen molar-refractivity contribution in [2.75, 3.05) is 40.5 Å². The first-order valence-corrected chi connectivity index (χ1v) is 11.5. The summed E-state index contributed by atoms with van der Waals surface area (Å²) in [6.45, 7) is 4.50. The number of hydrogen-bond donors (Lipinski definition) is 1. The molecule has 3 atom stereocenters. The highest BCUT2D eigenvalue weighted by molar-refractivity contribution is 5.97. The highest BCUT2D eigenvalue weighted by Gasteiger charge is 2.34. The maximum atomic E-state index is 13.4. The zero-order valence-electron chi connectivity index (χ0n) is 20.6. The number of aliphatic hydroxyl groups is 1. The molecule has 0 bridgehead atoms. The van der Waals surface area contributed by atoms with Crippen LogP contribution in [0.15, 0.2) is 36.8 Å². The Morgan fingerprint density at radius 3 is 2.91 bits per heavy atom. The van der Waals surface area contributed by atoms with Crippen molar-refractivity contribution in [3.05, 3.63) is 53.5 Å². The van der Waals surface area contributed by atoms with Crippen LogP contribution in [0.2, 0.25) is 0 Å². The third-order valence-corrected chi connectivity index (χ3v) is 5.93. The summed E-state index contributed by atoms with van der Waals surface area (Å²) in [5, 5.41) is 9.79. The van der Waals surface area contributed by atoms with E-state index in [0.29, 0.717) is 18.7 Å². The molecule has 0 aromatic carbocycles. The second-order valence-corrected chi connectivity index (χ2v) is 8.75. The molecule has 35 heavy (non-hydrogen) atoms. The molecule has 2 aromatic heterocycles. The highest BCUT2D eigenvalue weighted by Crippen LogP contribution is 2.27. The van der Waals surface area contributed by atoms with Crippen molar-refractivity contribution < 1.29 is 24.2 Å². The first-order valence-electron chi connectivity index (χ1n) is 11.5. The third-order valence-electron chi connectivity index (χ3n) is 5.93. The predicted molar refractivity (Wildman–Crippen MR) is 130 cm³/mol. The average molecular weight is 481 g/mol. The van der Waals surface area contributed by atoms with Gasteiger partial charge in [-0.1, -0.05) is 24.8 Å². The number of hydrogen-bond acceptors (Lipinski definition) is 7.